The van der Waals surface area contributed by atoms with E-state index in [0.717, 1.165) is 26.2 Å². The van der Waals surface area contributed by atoms with Crippen molar-refractivity contribution in [1.82, 2.24) is 10.3 Å². The van der Waals surface area contributed by atoms with Gasteiger partial charge in [0, 0.05) is 31.9 Å². The van der Waals surface area contributed by atoms with Crippen LogP contribution in [0.25, 0.3) is 0 Å². The van der Waals surface area contributed by atoms with Crippen LogP contribution in [-0.4, -0.2) is 43.0 Å². The maximum Gasteiger partial charge on any atom is 0.250 e. The summed E-state index contributed by atoms with van der Waals surface area (Å²) in [5.74, 6) is 5.04. The van der Waals surface area contributed by atoms with Crippen molar-refractivity contribution in [2.75, 3.05) is 31.1 Å². The Kier molecular flexibility index (Phi) is 4.17. The molecule has 0 aliphatic carbocycles. The third-order valence-electron chi connectivity index (χ3n) is 3.51. The molecule has 2 rings (SSSR count). The number of hydrazine groups is 1. The predicted molar refractivity (Wildman–Crippen MR) is 72.0 cm³/mol. The minimum atomic E-state index is -0.159. The molecule has 3 N–H and O–H groups in total. The van der Waals surface area contributed by atoms with Gasteiger partial charge in [0.1, 0.15) is 0 Å². The van der Waals surface area contributed by atoms with E-state index in [2.05, 4.69) is 27.4 Å². The lowest BCUT2D eigenvalue weighted by Crippen LogP contribution is -2.54. The largest absolute Gasteiger partial charge is 0.369 e. The number of carbonyl (C=O) groups is 1. The SMILES string of the molecule is CC(C(=O)NN)N1CCN(c2ccccc2)CC1. The number of nitrogens with zero attached hydrogens (tertiary/aromatic N) is 2. The lowest BCUT2D eigenvalue weighted by Gasteiger charge is -2.38. The summed E-state index contributed by atoms with van der Waals surface area (Å²) >= 11 is 0. The van der Waals surface area contributed by atoms with Crippen LogP contribution in [-0.2, 0) is 4.79 Å². The van der Waals surface area contributed by atoms with Gasteiger partial charge in [-0.3, -0.25) is 15.1 Å². The highest BCUT2D eigenvalue weighted by atomic mass is 16.2. The summed E-state index contributed by atoms with van der Waals surface area (Å²) in [7, 11) is 0. The molecular formula is C13H20N4O. The molecule has 1 aromatic rings. The standard InChI is InChI=1S/C13H20N4O/c1-11(13(18)15-14)16-7-9-17(10-8-16)12-5-3-2-4-6-12/h2-6,11H,7-10,14H2,1H3,(H,15,18). The molecule has 1 aliphatic rings. The number of amides is 1. The van der Waals surface area contributed by atoms with E-state index in [1.165, 1.54) is 5.69 Å². The van der Waals surface area contributed by atoms with Crippen molar-refractivity contribution in [1.29, 1.82) is 0 Å². The maximum absolute atomic E-state index is 11.5. The van der Waals surface area contributed by atoms with E-state index in [9.17, 15) is 4.79 Å². The van der Waals surface area contributed by atoms with Crippen molar-refractivity contribution < 1.29 is 4.79 Å². The zero-order chi connectivity index (χ0) is 13.0. The quantitative estimate of drug-likeness (QED) is 0.455. The Labute approximate surface area is 108 Å². The molecule has 1 atom stereocenters. The van der Waals surface area contributed by atoms with E-state index in [0.29, 0.717) is 0 Å². The number of anilines is 1. The van der Waals surface area contributed by atoms with Gasteiger partial charge < -0.3 is 4.90 Å². The van der Waals surface area contributed by atoms with Crippen LogP contribution in [0.2, 0.25) is 0 Å². The first kappa shape index (κ1) is 12.9. The minimum absolute atomic E-state index is 0.122. The van der Waals surface area contributed by atoms with Gasteiger partial charge >= 0.3 is 0 Å². The molecule has 5 heteroatoms. The molecular weight excluding hydrogens is 228 g/mol. The van der Waals surface area contributed by atoms with Gasteiger partial charge in [-0.25, -0.2) is 5.84 Å². The number of hydrogen-bond acceptors (Lipinski definition) is 4. The Morgan fingerprint density at radius 1 is 1.22 bits per heavy atom. The monoisotopic (exact) mass is 248 g/mol. The lowest BCUT2D eigenvalue weighted by molar-refractivity contribution is -0.126. The Hall–Kier alpha value is -1.59. The van der Waals surface area contributed by atoms with Crippen LogP contribution in [0, 0.1) is 0 Å². The molecule has 1 amide bonds. The van der Waals surface area contributed by atoms with E-state index in [1.54, 1.807) is 0 Å². The Bertz CT molecular complexity index is 387. The molecule has 0 radical (unpaired) electrons. The highest BCUT2D eigenvalue weighted by molar-refractivity contribution is 5.80. The number of rotatable bonds is 3. The fourth-order valence-electron chi connectivity index (χ4n) is 2.29. The molecule has 5 nitrogen and oxygen atoms in total. The van der Waals surface area contributed by atoms with Crippen molar-refractivity contribution in [2.45, 2.75) is 13.0 Å². The van der Waals surface area contributed by atoms with Gasteiger partial charge in [0.2, 0.25) is 0 Å². The van der Waals surface area contributed by atoms with Gasteiger partial charge in [-0.2, -0.15) is 0 Å². The van der Waals surface area contributed by atoms with E-state index in [-0.39, 0.29) is 11.9 Å². The van der Waals surface area contributed by atoms with Crippen LogP contribution >= 0.6 is 0 Å². The van der Waals surface area contributed by atoms with Crippen LogP contribution in [0.15, 0.2) is 30.3 Å². The molecule has 98 valence electrons. The molecule has 1 heterocycles. The lowest BCUT2D eigenvalue weighted by atomic mass is 10.2. The second-order valence-electron chi connectivity index (χ2n) is 4.54. The summed E-state index contributed by atoms with van der Waals surface area (Å²) in [6, 6.07) is 10.2. The second kappa shape index (κ2) is 5.84. The van der Waals surface area contributed by atoms with Crippen LogP contribution in [0.5, 0.6) is 0 Å². The molecule has 0 aromatic heterocycles. The summed E-state index contributed by atoms with van der Waals surface area (Å²) in [5, 5.41) is 0. The van der Waals surface area contributed by atoms with Crippen LogP contribution in [0.3, 0.4) is 0 Å². The number of piperazine rings is 1. The Morgan fingerprint density at radius 3 is 2.39 bits per heavy atom. The Morgan fingerprint density at radius 2 is 1.83 bits per heavy atom. The topological polar surface area (TPSA) is 61.6 Å². The molecule has 1 aromatic carbocycles. The van der Waals surface area contributed by atoms with Gasteiger partial charge in [0.05, 0.1) is 6.04 Å². The normalized spacial score (nSPS) is 18.4. The van der Waals surface area contributed by atoms with E-state index >= 15 is 0 Å². The number of benzene rings is 1. The van der Waals surface area contributed by atoms with Gasteiger partial charge in [0.15, 0.2) is 0 Å². The molecule has 1 fully saturated rings. The fraction of sp³-hybridized carbons (Fsp3) is 0.462. The highest BCUT2D eigenvalue weighted by Gasteiger charge is 2.24. The zero-order valence-electron chi connectivity index (χ0n) is 10.7. The molecule has 18 heavy (non-hydrogen) atoms. The van der Waals surface area contributed by atoms with Crippen molar-refractivity contribution in [3.8, 4) is 0 Å². The zero-order valence-corrected chi connectivity index (χ0v) is 10.7. The minimum Gasteiger partial charge on any atom is -0.369 e. The summed E-state index contributed by atoms with van der Waals surface area (Å²) in [6.45, 7) is 5.52. The number of hydrogen-bond donors (Lipinski definition) is 2. The average molecular weight is 248 g/mol. The van der Waals surface area contributed by atoms with Crippen LogP contribution < -0.4 is 16.2 Å². The van der Waals surface area contributed by atoms with Crippen molar-refractivity contribution in [3.63, 3.8) is 0 Å². The van der Waals surface area contributed by atoms with E-state index in [4.69, 9.17) is 5.84 Å². The molecule has 1 unspecified atom stereocenters. The summed E-state index contributed by atoms with van der Waals surface area (Å²) in [5.41, 5.74) is 3.45. The van der Waals surface area contributed by atoms with Gasteiger partial charge in [-0.1, -0.05) is 18.2 Å². The van der Waals surface area contributed by atoms with Gasteiger partial charge in [0.25, 0.3) is 5.91 Å². The highest BCUT2D eigenvalue weighted by Crippen LogP contribution is 2.16. The molecule has 1 saturated heterocycles. The van der Waals surface area contributed by atoms with Crippen molar-refractivity contribution >= 4 is 11.6 Å². The first-order valence-corrected chi connectivity index (χ1v) is 6.27. The summed E-state index contributed by atoms with van der Waals surface area (Å²) < 4.78 is 0. The number of nitrogens with one attached hydrogen (secondary N) is 1. The van der Waals surface area contributed by atoms with Gasteiger partial charge in [-0.05, 0) is 19.1 Å². The van der Waals surface area contributed by atoms with Crippen LogP contribution in [0.1, 0.15) is 6.92 Å². The van der Waals surface area contributed by atoms with Crippen LogP contribution in [0.4, 0.5) is 5.69 Å². The number of carbonyl (C=O) groups excluding carboxylic acids is 1. The molecule has 0 spiro atoms. The first-order chi connectivity index (χ1) is 8.72. The third kappa shape index (κ3) is 2.80. The average Bonchev–Trinajstić information content (AvgIpc) is 2.47. The van der Waals surface area contributed by atoms with E-state index in [1.807, 2.05) is 25.1 Å². The smallest absolute Gasteiger partial charge is 0.250 e. The van der Waals surface area contributed by atoms with E-state index < -0.39 is 0 Å². The molecule has 0 bridgehead atoms. The predicted octanol–water partition coefficient (Wildman–Crippen LogP) is 0.187. The molecule has 1 aliphatic heterocycles. The second-order valence-corrected chi connectivity index (χ2v) is 4.54. The number of nitrogens with two attached hydrogens (primary N) is 1. The summed E-state index contributed by atoms with van der Waals surface area (Å²) in [6.07, 6.45) is 0. The first-order valence-electron chi connectivity index (χ1n) is 6.27. The summed E-state index contributed by atoms with van der Waals surface area (Å²) in [4.78, 5) is 16.0. The Balaban J connectivity index is 1.90. The fourth-order valence-corrected chi connectivity index (χ4v) is 2.29. The molecule has 0 saturated carbocycles. The number of para-hydroxylation sites is 1. The third-order valence-corrected chi connectivity index (χ3v) is 3.51. The van der Waals surface area contributed by atoms with Crippen molar-refractivity contribution in [2.24, 2.45) is 5.84 Å². The van der Waals surface area contributed by atoms with Gasteiger partial charge in [-0.15, -0.1) is 0 Å². The maximum atomic E-state index is 11.5. The van der Waals surface area contributed by atoms with Crippen molar-refractivity contribution in [3.05, 3.63) is 30.3 Å².